The van der Waals surface area contributed by atoms with Gasteiger partial charge in [0, 0.05) is 6.20 Å². The van der Waals surface area contributed by atoms with Gasteiger partial charge in [0.2, 0.25) is 0 Å². The fraction of sp³-hybridized carbons (Fsp3) is 0.440. The number of ether oxygens (including phenoxy) is 1. The van der Waals surface area contributed by atoms with Crippen molar-refractivity contribution in [1.29, 1.82) is 0 Å². The number of hydrogen-bond acceptors (Lipinski definition) is 5. The van der Waals surface area contributed by atoms with Crippen LogP contribution >= 0.6 is 0 Å². The third-order valence-corrected chi connectivity index (χ3v) is 5.49. The molecule has 0 saturated heterocycles. The van der Waals surface area contributed by atoms with Crippen molar-refractivity contribution in [3.05, 3.63) is 59.4 Å². The Kier molecular flexibility index (Phi) is 8.33. The molecule has 0 aliphatic carbocycles. The van der Waals surface area contributed by atoms with Crippen LogP contribution in [0.5, 0.6) is 0 Å². The molecule has 0 bridgehead atoms. The molecule has 6 heteroatoms. The average molecular weight is 423 g/mol. The Labute approximate surface area is 183 Å². The summed E-state index contributed by atoms with van der Waals surface area (Å²) >= 11 is 0. The van der Waals surface area contributed by atoms with Gasteiger partial charge >= 0.3 is 5.97 Å². The highest BCUT2D eigenvalue weighted by Gasteiger charge is 2.37. The Morgan fingerprint density at radius 2 is 1.52 bits per heavy atom. The SMILES string of the molecule is CCCCCCCCCCCOC(=O)c1ccc(N2C(=O)c3cccnc3C2=O)cc1. The molecule has 2 aromatic rings. The number of hydrogen-bond donors (Lipinski definition) is 0. The second-order valence-electron chi connectivity index (χ2n) is 7.86. The second kappa shape index (κ2) is 11.4. The van der Waals surface area contributed by atoms with Gasteiger partial charge in [0.05, 0.1) is 23.4 Å². The molecule has 2 amide bonds. The number of carbonyl (C=O) groups is 3. The number of pyridine rings is 1. The third-order valence-electron chi connectivity index (χ3n) is 5.49. The number of amides is 2. The van der Waals surface area contributed by atoms with E-state index in [0.717, 1.165) is 17.7 Å². The van der Waals surface area contributed by atoms with Crippen molar-refractivity contribution >= 4 is 23.5 Å². The van der Waals surface area contributed by atoms with Gasteiger partial charge in [-0.3, -0.25) is 14.6 Å². The average Bonchev–Trinajstić information content (AvgIpc) is 3.05. The molecule has 2 heterocycles. The van der Waals surface area contributed by atoms with Crippen molar-refractivity contribution in [2.75, 3.05) is 11.5 Å². The third kappa shape index (κ3) is 5.78. The highest BCUT2D eigenvalue weighted by atomic mass is 16.5. The first-order valence-corrected chi connectivity index (χ1v) is 11.2. The van der Waals surface area contributed by atoms with E-state index in [1.165, 1.54) is 51.1 Å². The molecule has 1 aliphatic heterocycles. The van der Waals surface area contributed by atoms with Crippen LogP contribution in [0.25, 0.3) is 0 Å². The van der Waals surface area contributed by atoms with E-state index in [9.17, 15) is 14.4 Å². The van der Waals surface area contributed by atoms with Crippen LogP contribution in [-0.4, -0.2) is 29.4 Å². The first kappa shape index (κ1) is 22.7. The van der Waals surface area contributed by atoms with E-state index in [1.54, 1.807) is 36.4 Å². The number of anilines is 1. The lowest BCUT2D eigenvalue weighted by Crippen LogP contribution is -2.29. The molecule has 0 unspecified atom stereocenters. The van der Waals surface area contributed by atoms with Gasteiger partial charge in [-0.25, -0.2) is 9.69 Å². The van der Waals surface area contributed by atoms with Crippen molar-refractivity contribution in [3.63, 3.8) is 0 Å². The largest absolute Gasteiger partial charge is 0.462 e. The predicted octanol–water partition coefficient (Wildman–Crippen LogP) is 5.57. The quantitative estimate of drug-likeness (QED) is 0.254. The van der Waals surface area contributed by atoms with E-state index in [2.05, 4.69) is 11.9 Å². The molecule has 1 aromatic carbocycles. The highest BCUT2D eigenvalue weighted by molar-refractivity contribution is 6.33. The van der Waals surface area contributed by atoms with E-state index in [0.29, 0.717) is 17.9 Å². The van der Waals surface area contributed by atoms with Crippen molar-refractivity contribution in [1.82, 2.24) is 4.98 Å². The highest BCUT2D eigenvalue weighted by Crippen LogP contribution is 2.27. The summed E-state index contributed by atoms with van der Waals surface area (Å²) in [5, 5.41) is 0. The van der Waals surface area contributed by atoms with Gasteiger partial charge in [-0.15, -0.1) is 0 Å². The first-order valence-electron chi connectivity index (χ1n) is 11.2. The number of nitrogens with zero attached hydrogens (tertiary/aromatic N) is 2. The minimum Gasteiger partial charge on any atom is -0.462 e. The zero-order valence-corrected chi connectivity index (χ0v) is 18.1. The van der Waals surface area contributed by atoms with Gasteiger partial charge in [-0.1, -0.05) is 58.3 Å². The van der Waals surface area contributed by atoms with Gasteiger partial charge < -0.3 is 4.74 Å². The van der Waals surface area contributed by atoms with Gasteiger partial charge in [0.1, 0.15) is 5.69 Å². The normalized spacial score (nSPS) is 12.9. The molecule has 0 saturated carbocycles. The standard InChI is InChI=1S/C25H30N2O4/c1-2-3-4-5-6-7-8-9-10-18-31-25(30)19-13-15-20(16-14-19)27-23(28)21-12-11-17-26-22(21)24(27)29/h11-17H,2-10,18H2,1H3. The minimum atomic E-state index is -0.457. The first-order chi connectivity index (χ1) is 15.1. The maximum absolute atomic E-state index is 12.5. The van der Waals surface area contributed by atoms with Crippen molar-refractivity contribution in [3.8, 4) is 0 Å². The molecule has 0 fully saturated rings. The monoisotopic (exact) mass is 422 g/mol. The maximum atomic E-state index is 12.5. The van der Waals surface area contributed by atoms with Crippen LogP contribution in [0.4, 0.5) is 5.69 Å². The number of esters is 1. The fourth-order valence-electron chi connectivity index (χ4n) is 3.71. The summed E-state index contributed by atoms with van der Waals surface area (Å²) in [7, 11) is 0. The second-order valence-corrected chi connectivity index (χ2v) is 7.86. The molecular weight excluding hydrogens is 392 g/mol. The molecule has 0 spiro atoms. The zero-order valence-electron chi connectivity index (χ0n) is 18.1. The van der Waals surface area contributed by atoms with Crippen LogP contribution in [0.15, 0.2) is 42.6 Å². The Morgan fingerprint density at radius 3 is 2.16 bits per heavy atom. The lowest BCUT2D eigenvalue weighted by Gasteiger charge is -2.14. The van der Waals surface area contributed by atoms with Crippen LogP contribution in [-0.2, 0) is 4.74 Å². The Balaban J connectivity index is 1.41. The zero-order chi connectivity index (χ0) is 22.1. The van der Waals surface area contributed by atoms with E-state index in [1.807, 2.05) is 0 Å². The smallest absolute Gasteiger partial charge is 0.338 e. The molecular formula is C25H30N2O4. The van der Waals surface area contributed by atoms with Gasteiger partial charge in [-0.05, 0) is 42.8 Å². The fourth-order valence-corrected chi connectivity index (χ4v) is 3.71. The maximum Gasteiger partial charge on any atom is 0.338 e. The van der Waals surface area contributed by atoms with Crippen LogP contribution < -0.4 is 4.90 Å². The number of aromatic nitrogens is 1. The number of carbonyl (C=O) groups excluding carboxylic acids is 3. The van der Waals surface area contributed by atoms with Gasteiger partial charge in [0.15, 0.2) is 0 Å². The van der Waals surface area contributed by atoms with Crippen LogP contribution in [0.1, 0.15) is 95.9 Å². The molecule has 1 aromatic heterocycles. The van der Waals surface area contributed by atoms with Crippen molar-refractivity contribution < 1.29 is 19.1 Å². The van der Waals surface area contributed by atoms with E-state index in [-0.39, 0.29) is 11.3 Å². The lowest BCUT2D eigenvalue weighted by molar-refractivity contribution is 0.0497. The van der Waals surface area contributed by atoms with Gasteiger partial charge in [-0.2, -0.15) is 0 Å². The van der Waals surface area contributed by atoms with Crippen molar-refractivity contribution in [2.45, 2.75) is 64.7 Å². The Hall–Kier alpha value is -3.02. The predicted molar refractivity (Wildman–Crippen MR) is 119 cm³/mol. The summed E-state index contributed by atoms with van der Waals surface area (Å²) in [5.41, 5.74) is 1.24. The van der Waals surface area contributed by atoms with Gasteiger partial charge in [0.25, 0.3) is 11.8 Å². The number of unbranched alkanes of at least 4 members (excludes halogenated alkanes) is 8. The van der Waals surface area contributed by atoms with Crippen LogP contribution in [0, 0.1) is 0 Å². The number of fused-ring (bicyclic) bond motifs is 1. The van der Waals surface area contributed by atoms with Crippen LogP contribution in [0.3, 0.4) is 0 Å². The lowest BCUT2D eigenvalue weighted by atomic mass is 10.1. The topological polar surface area (TPSA) is 76.6 Å². The summed E-state index contributed by atoms with van der Waals surface area (Å²) in [5.74, 6) is -1.26. The van der Waals surface area contributed by atoms with E-state index >= 15 is 0 Å². The molecule has 1 aliphatic rings. The minimum absolute atomic E-state index is 0.150. The van der Waals surface area contributed by atoms with Crippen molar-refractivity contribution in [2.24, 2.45) is 0 Å². The molecule has 31 heavy (non-hydrogen) atoms. The Bertz CT molecular complexity index is 873. The molecule has 0 N–H and O–H groups in total. The Morgan fingerprint density at radius 1 is 0.871 bits per heavy atom. The summed E-state index contributed by atoms with van der Waals surface area (Å²) in [6.07, 6.45) is 12.4. The summed E-state index contributed by atoms with van der Waals surface area (Å²) in [4.78, 5) is 42.3. The summed E-state index contributed by atoms with van der Waals surface area (Å²) in [6.45, 7) is 2.63. The molecule has 0 atom stereocenters. The van der Waals surface area contributed by atoms with E-state index < -0.39 is 17.8 Å². The summed E-state index contributed by atoms with van der Waals surface area (Å²) < 4.78 is 5.35. The number of benzene rings is 1. The van der Waals surface area contributed by atoms with Crippen LogP contribution in [0.2, 0.25) is 0 Å². The molecule has 0 radical (unpaired) electrons. The molecule has 3 rings (SSSR count). The van der Waals surface area contributed by atoms with E-state index in [4.69, 9.17) is 4.74 Å². The summed E-state index contributed by atoms with van der Waals surface area (Å²) in [6, 6.07) is 9.52. The number of imide groups is 1. The number of rotatable bonds is 12. The molecule has 6 nitrogen and oxygen atoms in total. The molecule has 164 valence electrons.